The molecular formula is C19H16N4OS2. The van der Waals surface area contributed by atoms with E-state index in [1.807, 2.05) is 48.5 Å². The average Bonchev–Trinajstić information content (AvgIpc) is 3.13. The van der Waals surface area contributed by atoms with Gasteiger partial charge in [0.25, 0.3) is 0 Å². The third kappa shape index (κ3) is 5.15. The van der Waals surface area contributed by atoms with Gasteiger partial charge in [-0.05, 0) is 23.6 Å². The lowest BCUT2D eigenvalue weighted by Gasteiger charge is -2.01. The summed E-state index contributed by atoms with van der Waals surface area (Å²) >= 11 is 2.85. The van der Waals surface area contributed by atoms with Crippen LogP contribution in [0.25, 0.3) is 0 Å². The monoisotopic (exact) mass is 380 g/mol. The van der Waals surface area contributed by atoms with Crippen molar-refractivity contribution in [3.63, 3.8) is 0 Å². The lowest BCUT2D eigenvalue weighted by atomic mass is 10.1. The van der Waals surface area contributed by atoms with Gasteiger partial charge < -0.3 is 5.32 Å². The molecule has 3 rings (SSSR count). The van der Waals surface area contributed by atoms with E-state index in [1.54, 1.807) is 6.07 Å². The van der Waals surface area contributed by atoms with Gasteiger partial charge in [-0.15, -0.1) is 10.2 Å². The fraction of sp³-hybridized carbons (Fsp3) is 0.158. The van der Waals surface area contributed by atoms with Crippen LogP contribution in [0.1, 0.15) is 23.1 Å². The van der Waals surface area contributed by atoms with Crippen molar-refractivity contribution in [2.75, 3.05) is 5.32 Å². The molecule has 130 valence electrons. The van der Waals surface area contributed by atoms with Crippen molar-refractivity contribution in [1.29, 1.82) is 5.26 Å². The Bertz CT molecular complexity index is 919. The molecule has 26 heavy (non-hydrogen) atoms. The van der Waals surface area contributed by atoms with Crippen LogP contribution in [0.3, 0.4) is 0 Å². The van der Waals surface area contributed by atoms with Gasteiger partial charge in [-0.25, -0.2) is 0 Å². The smallest absolute Gasteiger partial charge is 0.226 e. The molecule has 1 aromatic heterocycles. The maximum atomic E-state index is 12.0. The molecular weight excluding hydrogens is 364 g/mol. The molecule has 0 aliphatic rings. The van der Waals surface area contributed by atoms with Gasteiger partial charge in [-0.1, -0.05) is 71.6 Å². The summed E-state index contributed by atoms with van der Waals surface area (Å²) in [5.41, 5.74) is 2.76. The van der Waals surface area contributed by atoms with E-state index in [1.165, 1.54) is 23.1 Å². The van der Waals surface area contributed by atoms with Crippen molar-refractivity contribution in [1.82, 2.24) is 10.2 Å². The maximum Gasteiger partial charge on any atom is 0.226 e. The van der Waals surface area contributed by atoms with Gasteiger partial charge in [0.2, 0.25) is 11.0 Å². The largest absolute Gasteiger partial charge is 0.300 e. The number of anilines is 1. The van der Waals surface area contributed by atoms with E-state index in [2.05, 4.69) is 21.6 Å². The van der Waals surface area contributed by atoms with Crippen LogP contribution in [0, 0.1) is 11.3 Å². The molecule has 5 nitrogen and oxygen atoms in total. The van der Waals surface area contributed by atoms with E-state index in [0.717, 1.165) is 15.5 Å². The van der Waals surface area contributed by atoms with Crippen molar-refractivity contribution < 1.29 is 4.79 Å². The molecule has 2 aromatic carbocycles. The zero-order chi connectivity index (χ0) is 18.2. The highest BCUT2D eigenvalue weighted by Gasteiger charge is 2.10. The highest BCUT2D eigenvalue weighted by atomic mass is 32.2. The Kier molecular flexibility index (Phi) is 6.36. The number of nitrogens with zero attached hydrogens (tertiary/aromatic N) is 3. The predicted molar refractivity (Wildman–Crippen MR) is 104 cm³/mol. The second-order valence-corrected chi connectivity index (χ2v) is 7.66. The maximum absolute atomic E-state index is 12.0. The number of carbonyl (C=O) groups excluding carboxylic acids is 1. The fourth-order valence-electron chi connectivity index (χ4n) is 2.30. The molecule has 0 saturated heterocycles. The van der Waals surface area contributed by atoms with Gasteiger partial charge in [-0.3, -0.25) is 4.79 Å². The average molecular weight is 380 g/mol. The van der Waals surface area contributed by atoms with Crippen LogP contribution >= 0.6 is 23.1 Å². The van der Waals surface area contributed by atoms with Crippen LogP contribution < -0.4 is 5.32 Å². The number of amides is 1. The first kappa shape index (κ1) is 18.1. The van der Waals surface area contributed by atoms with Gasteiger partial charge in [0.1, 0.15) is 0 Å². The van der Waals surface area contributed by atoms with Crippen LogP contribution in [0.4, 0.5) is 5.13 Å². The summed E-state index contributed by atoms with van der Waals surface area (Å²) in [6, 6.07) is 19.6. The lowest BCUT2D eigenvalue weighted by molar-refractivity contribution is -0.116. The van der Waals surface area contributed by atoms with E-state index in [-0.39, 0.29) is 5.91 Å². The number of nitrogens with one attached hydrogen (secondary N) is 1. The van der Waals surface area contributed by atoms with Gasteiger partial charge >= 0.3 is 0 Å². The summed E-state index contributed by atoms with van der Waals surface area (Å²) in [5.74, 6) is 0.566. The number of hydrogen-bond donors (Lipinski definition) is 1. The number of thioether (sulfide) groups is 1. The summed E-state index contributed by atoms with van der Waals surface area (Å²) in [7, 11) is 0. The summed E-state index contributed by atoms with van der Waals surface area (Å²) in [6.45, 7) is 0. The first-order valence-corrected chi connectivity index (χ1v) is 9.83. The fourth-order valence-corrected chi connectivity index (χ4v) is 4.07. The van der Waals surface area contributed by atoms with E-state index in [0.29, 0.717) is 29.3 Å². The van der Waals surface area contributed by atoms with Crippen molar-refractivity contribution in [3.8, 4) is 6.07 Å². The summed E-state index contributed by atoms with van der Waals surface area (Å²) in [4.78, 5) is 12.0. The number of nitriles is 1. The zero-order valence-corrected chi connectivity index (χ0v) is 15.5. The molecule has 1 amide bonds. The molecule has 0 fully saturated rings. The Morgan fingerprint density at radius 1 is 1.12 bits per heavy atom. The molecule has 0 spiro atoms. The second-order valence-electron chi connectivity index (χ2n) is 5.46. The normalized spacial score (nSPS) is 10.3. The van der Waals surface area contributed by atoms with E-state index >= 15 is 0 Å². The minimum atomic E-state index is -0.0728. The standard InChI is InChI=1S/C19H16N4OS2/c20-12-15-8-4-5-9-16(15)13-25-19-23-22-18(26-19)21-17(24)11-10-14-6-2-1-3-7-14/h1-9H,10-11,13H2,(H,21,22,24). The predicted octanol–water partition coefficient (Wildman–Crippen LogP) is 4.27. The van der Waals surface area contributed by atoms with Crippen molar-refractivity contribution >= 4 is 34.1 Å². The molecule has 0 aliphatic carbocycles. The molecule has 0 radical (unpaired) electrons. The number of hydrogen-bond acceptors (Lipinski definition) is 6. The van der Waals surface area contributed by atoms with Crippen molar-refractivity contribution in [2.45, 2.75) is 22.9 Å². The van der Waals surface area contributed by atoms with Crippen LogP contribution in [-0.4, -0.2) is 16.1 Å². The SMILES string of the molecule is N#Cc1ccccc1CSc1nnc(NC(=O)CCc2ccccc2)s1. The summed E-state index contributed by atoms with van der Waals surface area (Å²) in [6.07, 6.45) is 1.10. The van der Waals surface area contributed by atoms with Crippen LogP contribution in [-0.2, 0) is 17.0 Å². The van der Waals surface area contributed by atoms with Crippen LogP contribution in [0.5, 0.6) is 0 Å². The Labute approximate surface area is 160 Å². The minimum absolute atomic E-state index is 0.0728. The molecule has 0 aliphatic heterocycles. The zero-order valence-electron chi connectivity index (χ0n) is 13.9. The minimum Gasteiger partial charge on any atom is -0.300 e. The summed E-state index contributed by atoms with van der Waals surface area (Å²) < 4.78 is 0.760. The van der Waals surface area contributed by atoms with E-state index < -0.39 is 0 Å². The number of aromatic nitrogens is 2. The highest BCUT2D eigenvalue weighted by molar-refractivity contribution is 8.00. The van der Waals surface area contributed by atoms with Crippen molar-refractivity contribution in [3.05, 3.63) is 71.3 Å². The lowest BCUT2D eigenvalue weighted by Crippen LogP contribution is -2.12. The first-order chi connectivity index (χ1) is 12.7. The quantitative estimate of drug-likeness (QED) is 0.489. The molecule has 0 bridgehead atoms. The van der Waals surface area contributed by atoms with Gasteiger partial charge in [0, 0.05) is 12.2 Å². The molecule has 0 unspecified atom stereocenters. The number of rotatable bonds is 7. The number of carbonyl (C=O) groups is 1. The van der Waals surface area contributed by atoms with Gasteiger partial charge in [0.05, 0.1) is 11.6 Å². The number of benzene rings is 2. The molecule has 0 saturated carbocycles. The van der Waals surface area contributed by atoms with Crippen LogP contribution in [0.2, 0.25) is 0 Å². The number of aryl methyl sites for hydroxylation is 1. The Morgan fingerprint density at radius 2 is 1.88 bits per heavy atom. The molecule has 1 heterocycles. The van der Waals surface area contributed by atoms with Crippen LogP contribution in [0.15, 0.2) is 58.9 Å². The van der Waals surface area contributed by atoms with Gasteiger partial charge in [-0.2, -0.15) is 5.26 Å². The molecule has 7 heteroatoms. The van der Waals surface area contributed by atoms with Gasteiger partial charge in [0.15, 0.2) is 4.34 Å². The Morgan fingerprint density at radius 3 is 2.69 bits per heavy atom. The van der Waals surface area contributed by atoms with E-state index in [9.17, 15) is 4.79 Å². The Hall–Kier alpha value is -2.69. The highest BCUT2D eigenvalue weighted by Crippen LogP contribution is 2.29. The molecule has 3 aromatic rings. The third-order valence-electron chi connectivity index (χ3n) is 3.63. The molecule has 1 N–H and O–H groups in total. The third-order valence-corrected chi connectivity index (χ3v) is 5.65. The van der Waals surface area contributed by atoms with E-state index in [4.69, 9.17) is 5.26 Å². The molecule has 0 atom stereocenters. The first-order valence-electron chi connectivity index (χ1n) is 8.02. The summed E-state index contributed by atoms with van der Waals surface area (Å²) in [5, 5.41) is 20.5. The topological polar surface area (TPSA) is 78.7 Å². The Balaban J connectivity index is 1.50. The second kappa shape index (κ2) is 9.13. The van der Waals surface area contributed by atoms with Crippen molar-refractivity contribution in [2.24, 2.45) is 0 Å².